The van der Waals surface area contributed by atoms with Gasteiger partial charge in [0.05, 0.1) is 27.7 Å². The molecular weight excluding hydrogens is 581 g/mol. The first-order valence-electron chi connectivity index (χ1n) is 13.8. The van der Waals surface area contributed by atoms with Crippen LogP contribution in [0.15, 0.2) is 89.8 Å². The van der Waals surface area contributed by atoms with Gasteiger partial charge in [-0.3, -0.25) is 4.79 Å². The highest BCUT2D eigenvalue weighted by Gasteiger charge is 2.59. The van der Waals surface area contributed by atoms with Crippen LogP contribution in [0.5, 0.6) is 0 Å². The second-order valence-electron chi connectivity index (χ2n) is 10.8. The van der Waals surface area contributed by atoms with Crippen LogP contribution in [-0.4, -0.2) is 38.7 Å². The Kier molecular flexibility index (Phi) is 9.21. The fourth-order valence-electron chi connectivity index (χ4n) is 6.31. The van der Waals surface area contributed by atoms with E-state index in [-0.39, 0.29) is 46.2 Å². The van der Waals surface area contributed by atoms with Crippen LogP contribution >= 0.6 is 23.2 Å². The van der Waals surface area contributed by atoms with Crippen LogP contribution in [0.25, 0.3) is 11.1 Å². The molecule has 0 spiro atoms. The number of hydrogen-bond acceptors (Lipinski definition) is 4. The second kappa shape index (κ2) is 12.7. The average Bonchev–Trinajstić information content (AvgIpc) is 3.54. The number of halogens is 2. The van der Waals surface area contributed by atoms with E-state index in [1.54, 1.807) is 0 Å². The highest BCUT2D eigenvalue weighted by Crippen LogP contribution is 2.56. The molecule has 41 heavy (non-hydrogen) atoms. The molecule has 0 aromatic heterocycles. The van der Waals surface area contributed by atoms with Crippen LogP contribution in [0.4, 0.5) is 0 Å². The summed E-state index contributed by atoms with van der Waals surface area (Å²) in [5.41, 5.74) is 3.24. The first kappa shape index (κ1) is 29.8. The van der Waals surface area contributed by atoms with E-state index in [0.29, 0.717) is 24.5 Å². The Bertz CT molecular complexity index is 1510. The minimum atomic E-state index is -3.81. The number of nitrogens with one attached hydrogen (secondary N) is 1. The van der Waals surface area contributed by atoms with E-state index in [1.807, 2.05) is 24.3 Å². The molecular formula is C32H33Cl2NO5S. The zero-order chi connectivity index (χ0) is 29.0. The molecule has 1 heterocycles. The van der Waals surface area contributed by atoms with Gasteiger partial charge in [0, 0.05) is 24.3 Å². The van der Waals surface area contributed by atoms with Crippen LogP contribution in [0.1, 0.15) is 37.7 Å². The molecule has 6 nitrogen and oxygen atoms in total. The van der Waals surface area contributed by atoms with E-state index in [0.717, 1.165) is 24.0 Å². The second-order valence-corrected chi connectivity index (χ2v) is 13.4. The highest BCUT2D eigenvalue weighted by molar-refractivity contribution is 7.89. The zero-order valence-corrected chi connectivity index (χ0v) is 24.8. The van der Waals surface area contributed by atoms with E-state index in [1.165, 1.54) is 23.8 Å². The molecule has 2 fully saturated rings. The summed E-state index contributed by atoms with van der Waals surface area (Å²) < 4.78 is 35.4. The van der Waals surface area contributed by atoms with Crippen molar-refractivity contribution in [2.24, 2.45) is 11.8 Å². The molecule has 5 rings (SSSR count). The molecule has 2 unspecified atom stereocenters. The van der Waals surface area contributed by atoms with Gasteiger partial charge in [-0.1, -0.05) is 90.0 Å². The lowest BCUT2D eigenvalue weighted by molar-refractivity contribution is -0.137. The largest absolute Gasteiger partial charge is 0.481 e. The lowest BCUT2D eigenvalue weighted by atomic mass is 9.69. The van der Waals surface area contributed by atoms with Gasteiger partial charge in [-0.2, -0.15) is 0 Å². The maximum Gasteiger partial charge on any atom is 0.303 e. The van der Waals surface area contributed by atoms with Crippen molar-refractivity contribution in [3.63, 3.8) is 0 Å². The molecule has 3 aromatic carbocycles. The van der Waals surface area contributed by atoms with Gasteiger partial charge in [-0.05, 0) is 66.5 Å². The summed E-state index contributed by atoms with van der Waals surface area (Å²) in [6.45, 7) is 0.810. The summed E-state index contributed by atoms with van der Waals surface area (Å²) >= 11 is 12.1. The van der Waals surface area contributed by atoms with Crippen molar-refractivity contribution in [3.05, 3.63) is 101 Å². The highest BCUT2D eigenvalue weighted by atomic mass is 35.5. The number of ether oxygens (including phenoxy) is 1. The third kappa shape index (κ3) is 6.55. The molecule has 0 radical (unpaired) electrons. The topological polar surface area (TPSA) is 92.7 Å². The van der Waals surface area contributed by atoms with Crippen molar-refractivity contribution in [2.75, 3.05) is 13.2 Å². The average molecular weight is 615 g/mol. The number of sulfonamides is 1. The standard InChI is InChI=1S/C32H33Cl2NO5S/c33-28-17-16-25(18-29(28)34)41(38,39)35-20-26-27(10-6-1-2-7-11-31(36)37)32(19-30(26)40-21-32)24-14-12-23(13-15-24)22-8-4-3-5-9-22/h1,3-6,8-9,12-18,26-27,30,35H,2,7,10-11,19-21H2,(H,36,37)/b6-1-/t26-,27-,30?,32?/m0/s1. The molecule has 2 bridgehead atoms. The molecule has 216 valence electrons. The molecule has 2 N–H and O–H groups in total. The van der Waals surface area contributed by atoms with Crippen molar-refractivity contribution in [3.8, 4) is 11.1 Å². The van der Waals surface area contributed by atoms with E-state index in [9.17, 15) is 13.2 Å². The Balaban J connectivity index is 1.38. The predicted octanol–water partition coefficient (Wildman–Crippen LogP) is 7.11. The molecule has 1 aliphatic carbocycles. The molecule has 1 saturated carbocycles. The van der Waals surface area contributed by atoms with E-state index < -0.39 is 16.0 Å². The third-order valence-corrected chi connectivity index (χ3v) is 10.6. The van der Waals surface area contributed by atoms with Crippen molar-refractivity contribution < 1.29 is 23.1 Å². The minimum Gasteiger partial charge on any atom is -0.481 e. The van der Waals surface area contributed by atoms with Gasteiger partial charge in [0.1, 0.15) is 0 Å². The number of rotatable bonds is 12. The maximum absolute atomic E-state index is 13.2. The number of aliphatic carboxylic acids is 1. The molecule has 2 aliphatic rings. The molecule has 0 amide bonds. The van der Waals surface area contributed by atoms with Gasteiger partial charge in [0.2, 0.25) is 10.0 Å². The van der Waals surface area contributed by atoms with Crippen LogP contribution in [0, 0.1) is 11.8 Å². The van der Waals surface area contributed by atoms with Crippen molar-refractivity contribution in [2.45, 2.75) is 48.5 Å². The zero-order valence-electron chi connectivity index (χ0n) is 22.5. The number of fused-ring (bicyclic) bond motifs is 2. The summed E-state index contributed by atoms with van der Waals surface area (Å²) in [7, 11) is -3.81. The Morgan fingerprint density at radius 1 is 1.00 bits per heavy atom. The normalized spacial score (nSPS) is 23.8. The monoisotopic (exact) mass is 613 g/mol. The fraction of sp³-hybridized carbons (Fsp3) is 0.344. The van der Waals surface area contributed by atoms with E-state index in [4.69, 9.17) is 33.0 Å². The number of carboxylic acid groups (broad SMARTS) is 1. The number of hydrogen-bond donors (Lipinski definition) is 2. The van der Waals surface area contributed by atoms with Crippen LogP contribution < -0.4 is 4.72 Å². The summed E-state index contributed by atoms with van der Waals surface area (Å²) in [6.07, 6.45) is 7.05. The van der Waals surface area contributed by atoms with Crippen molar-refractivity contribution >= 4 is 39.2 Å². The first-order chi connectivity index (χ1) is 19.7. The minimum absolute atomic E-state index is 0.0428. The summed E-state index contributed by atoms with van der Waals surface area (Å²) in [6, 6.07) is 23.2. The first-order valence-corrected chi connectivity index (χ1v) is 16.0. The van der Waals surface area contributed by atoms with Crippen molar-refractivity contribution in [1.29, 1.82) is 0 Å². The maximum atomic E-state index is 13.2. The summed E-state index contributed by atoms with van der Waals surface area (Å²) in [5, 5.41) is 9.40. The molecule has 1 saturated heterocycles. The molecule has 3 aromatic rings. The molecule has 4 atom stereocenters. The smallest absolute Gasteiger partial charge is 0.303 e. The van der Waals surface area contributed by atoms with Gasteiger partial charge in [-0.25, -0.2) is 13.1 Å². The number of carbonyl (C=O) groups is 1. The van der Waals surface area contributed by atoms with E-state index in [2.05, 4.69) is 47.2 Å². The van der Waals surface area contributed by atoms with Crippen LogP contribution in [0.3, 0.4) is 0 Å². The number of carboxylic acids is 1. The Morgan fingerprint density at radius 2 is 1.73 bits per heavy atom. The van der Waals surface area contributed by atoms with Crippen molar-refractivity contribution in [1.82, 2.24) is 4.72 Å². The quantitative estimate of drug-likeness (QED) is 0.168. The lowest BCUT2D eigenvalue weighted by Gasteiger charge is -2.39. The Labute approximate surface area is 251 Å². The lowest BCUT2D eigenvalue weighted by Crippen LogP contribution is -2.44. The fourth-order valence-corrected chi connectivity index (χ4v) is 7.78. The predicted molar refractivity (Wildman–Crippen MR) is 162 cm³/mol. The van der Waals surface area contributed by atoms with Crippen LogP contribution in [0.2, 0.25) is 10.0 Å². The van der Waals surface area contributed by atoms with Gasteiger partial charge in [0.25, 0.3) is 0 Å². The van der Waals surface area contributed by atoms with Gasteiger partial charge >= 0.3 is 5.97 Å². The molecule has 9 heteroatoms. The van der Waals surface area contributed by atoms with Crippen LogP contribution in [-0.2, 0) is 25.0 Å². The number of allylic oxidation sites excluding steroid dienone is 2. The SMILES string of the molecule is O=C(O)CCC/C=C\C[C@H]1[C@H](CNS(=O)(=O)c2ccc(Cl)c(Cl)c2)C2CC1(c1ccc(-c3ccccc3)cc1)CO2. The Morgan fingerprint density at radius 3 is 2.44 bits per heavy atom. The van der Waals surface area contributed by atoms with Gasteiger partial charge in [-0.15, -0.1) is 0 Å². The number of benzene rings is 3. The van der Waals surface area contributed by atoms with Gasteiger partial charge in [0.15, 0.2) is 0 Å². The molecule has 1 aliphatic heterocycles. The summed E-state index contributed by atoms with van der Waals surface area (Å²) in [4.78, 5) is 10.9. The number of unbranched alkanes of at least 4 members (excludes halogenated alkanes) is 1. The van der Waals surface area contributed by atoms with Gasteiger partial charge < -0.3 is 9.84 Å². The Hall–Kier alpha value is -2.68. The third-order valence-electron chi connectivity index (χ3n) is 8.42. The summed E-state index contributed by atoms with van der Waals surface area (Å²) in [5.74, 6) is -0.703. The van der Waals surface area contributed by atoms with E-state index >= 15 is 0 Å².